The van der Waals surface area contributed by atoms with Crippen LogP contribution >= 0.6 is 11.6 Å². The molecule has 0 radical (unpaired) electrons. The summed E-state index contributed by atoms with van der Waals surface area (Å²) >= 11 is 6.27. The monoisotopic (exact) mass is 299 g/mol. The third-order valence-electron chi connectivity index (χ3n) is 3.33. The summed E-state index contributed by atoms with van der Waals surface area (Å²) in [6, 6.07) is 11.1. The van der Waals surface area contributed by atoms with E-state index < -0.39 is 0 Å². The van der Waals surface area contributed by atoms with Crippen LogP contribution in [0.1, 0.15) is 17.4 Å². The Hall–Kier alpha value is -2.60. The van der Waals surface area contributed by atoms with E-state index in [0.717, 1.165) is 17.0 Å². The Kier molecular flexibility index (Phi) is 2.75. The Morgan fingerprint density at radius 1 is 1.19 bits per heavy atom. The van der Waals surface area contributed by atoms with E-state index in [9.17, 15) is 0 Å². The van der Waals surface area contributed by atoms with Gasteiger partial charge in [0, 0.05) is 16.3 Å². The number of hydrogen-bond acceptors (Lipinski definition) is 5. The van der Waals surface area contributed by atoms with Gasteiger partial charge in [0.1, 0.15) is 11.8 Å². The molecular weight excluding hydrogens is 290 g/mol. The first-order valence-electron chi connectivity index (χ1n) is 6.38. The van der Waals surface area contributed by atoms with Crippen LogP contribution < -0.4 is 5.32 Å². The number of allylic oxidation sites excluding steroid dienone is 1. The van der Waals surface area contributed by atoms with Crippen LogP contribution in [0.15, 0.2) is 53.2 Å². The molecule has 0 bridgehead atoms. The molecule has 1 atom stereocenters. The van der Waals surface area contributed by atoms with Gasteiger partial charge in [-0.1, -0.05) is 34.9 Å². The van der Waals surface area contributed by atoms with Crippen LogP contribution in [0.4, 0.5) is 5.95 Å². The second-order valence-corrected chi connectivity index (χ2v) is 5.00. The van der Waals surface area contributed by atoms with E-state index in [-0.39, 0.29) is 6.04 Å². The fraction of sp³-hybridized carbons (Fsp3) is 0.0714. The van der Waals surface area contributed by atoms with Crippen molar-refractivity contribution < 1.29 is 4.42 Å². The van der Waals surface area contributed by atoms with Crippen molar-refractivity contribution in [3.63, 3.8) is 0 Å². The lowest BCUT2D eigenvalue weighted by Gasteiger charge is -2.22. The molecule has 1 aliphatic rings. The standard InChI is InChI=1S/C14H10ClN5O/c15-10-5-2-1-4-9(10)11-8-12(13-6-3-7-21-13)20-14(16-11)17-18-19-20/h1-8,12H,(H,16,17,19)/t12-/m0/s1. The zero-order chi connectivity index (χ0) is 14.2. The van der Waals surface area contributed by atoms with Crippen LogP contribution in [-0.4, -0.2) is 20.2 Å². The van der Waals surface area contributed by atoms with Crippen LogP contribution in [0, 0.1) is 0 Å². The lowest BCUT2D eigenvalue weighted by atomic mass is 10.1. The van der Waals surface area contributed by atoms with Gasteiger partial charge in [-0.05, 0) is 34.7 Å². The molecule has 21 heavy (non-hydrogen) atoms. The molecular formula is C14H10ClN5O. The van der Waals surface area contributed by atoms with Crippen molar-refractivity contribution in [1.82, 2.24) is 20.2 Å². The highest BCUT2D eigenvalue weighted by Crippen LogP contribution is 2.33. The lowest BCUT2D eigenvalue weighted by Crippen LogP contribution is -2.20. The molecule has 3 heterocycles. The molecule has 7 heteroatoms. The number of tetrazole rings is 1. The molecule has 0 aliphatic carbocycles. The van der Waals surface area contributed by atoms with Gasteiger partial charge >= 0.3 is 0 Å². The van der Waals surface area contributed by atoms with Gasteiger partial charge in [-0.15, -0.1) is 0 Å². The number of nitrogens with zero attached hydrogens (tertiary/aromatic N) is 4. The molecule has 104 valence electrons. The Morgan fingerprint density at radius 2 is 2.10 bits per heavy atom. The van der Waals surface area contributed by atoms with E-state index in [1.807, 2.05) is 42.5 Å². The first-order chi connectivity index (χ1) is 10.3. The van der Waals surface area contributed by atoms with Crippen LogP contribution in [-0.2, 0) is 0 Å². The predicted molar refractivity (Wildman–Crippen MR) is 77.7 cm³/mol. The number of hydrogen-bond donors (Lipinski definition) is 1. The zero-order valence-corrected chi connectivity index (χ0v) is 11.5. The van der Waals surface area contributed by atoms with E-state index >= 15 is 0 Å². The van der Waals surface area contributed by atoms with Crippen LogP contribution in [0.3, 0.4) is 0 Å². The highest BCUT2D eigenvalue weighted by molar-refractivity contribution is 6.32. The minimum absolute atomic E-state index is 0.211. The topological polar surface area (TPSA) is 68.8 Å². The molecule has 0 saturated heterocycles. The molecule has 0 unspecified atom stereocenters. The largest absolute Gasteiger partial charge is 0.467 e. The average molecular weight is 300 g/mol. The maximum absolute atomic E-state index is 6.27. The number of halogens is 1. The third kappa shape index (κ3) is 2.00. The van der Waals surface area contributed by atoms with Crippen molar-refractivity contribution in [1.29, 1.82) is 0 Å². The first-order valence-corrected chi connectivity index (χ1v) is 6.76. The summed E-state index contributed by atoms with van der Waals surface area (Å²) < 4.78 is 7.16. The van der Waals surface area contributed by atoms with Crippen LogP contribution in [0.2, 0.25) is 5.02 Å². The van der Waals surface area contributed by atoms with E-state index in [1.54, 1.807) is 10.9 Å². The van der Waals surface area contributed by atoms with Crippen molar-refractivity contribution in [2.24, 2.45) is 0 Å². The maximum atomic E-state index is 6.27. The molecule has 3 aromatic rings. The molecule has 1 aliphatic heterocycles. The van der Waals surface area contributed by atoms with E-state index in [2.05, 4.69) is 20.8 Å². The number of nitrogens with one attached hydrogen (secondary N) is 1. The van der Waals surface area contributed by atoms with Crippen molar-refractivity contribution in [3.8, 4) is 0 Å². The summed E-state index contributed by atoms with van der Waals surface area (Å²) in [5.74, 6) is 1.31. The Bertz CT molecular complexity index is 808. The van der Waals surface area contributed by atoms with Crippen LogP contribution in [0.5, 0.6) is 0 Å². The van der Waals surface area contributed by atoms with Crippen molar-refractivity contribution >= 4 is 23.2 Å². The molecule has 2 aromatic heterocycles. The smallest absolute Gasteiger partial charge is 0.248 e. The Morgan fingerprint density at radius 3 is 2.90 bits per heavy atom. The first kappa shape index (κ1) is 12.2. The van der Waals surface area contributed by atoms with Crippen molar-refractivity contribution in [2.45, 2.75) is 6.04 Å². The highest BCUT2D eigenvalue weighted by Gasteiger charge is 2.26. The summed E-state index contributed by atoms with van der Waals surface area (Å²) in [7, 11) is 0. The molecule has 6 nitrogen and oxygen atoms in total. The molecule has 0 amide bonds. The number of anilines is 1. The third-order valence-corrected chi connectivity index (χ3v) is 3.66. The SMILES string of the molecule is Clc1ccccc1C1=C[C@@H](c2ccco2)n2nnnc2N1. The number of fused-ring (bicyclic) bond motifs is 1. The van der Waals surface area contributed by atoms with Gasteiger partial charge in [0.15, 0.2) is 0 Å². The van der Waals surface area contributed by atoms with E-state index in [4.69, 9.17) is 16.0 Å². The van der Waals surface area contributed by atoms with Crippen molar-refractivity contribution in [2.75, 3.05) is 5.32 Å². The zero-order valence-electron chi connectivity index (χ0n) is 10.8. The van der Waals surface area contributed by atoms with Gasteiger partial charge in [-0.25, -0.2) is 0 Å². The van der Waals surface area contributed by atoms with Gasteiger partial charge in [0.05, 0.1) is 6.26 Å². The Balaban J connectivity index is 1.85. The number of rotatable bonds is 2. The predicted octanol–water partition coefficient (Wildman–Crippen LogP) is 2.98. The molecule has 0 spiro atoms. The summed E-state index contributed by atoms with van der Waals surface area (Å²) in [4.78, 5) is 0. The normalized spacial score (nSPS) is 17.0. The van der Waals surface area contributed by atoms with Crippen molar-refractivity contribution in [3.05, 3.63) is 65.1 Å². The number of aromatic nitrogens is 4. The minimum atomic E-state index is -0.211. The number of furan rings is 1. The van der Waals surface area contributed by atoms with Gasteiger partial charge in [-0.2, -0.15) is 4.68 Å². The van der Waals surface area contributed by atoms with Crippen LogP contribution in [0.25, 0.3) is 5.70 Å². The second-order valence-electron chi connectivity index (χ2n) is 4.59. The summed E-state index contributed by atoms with van der Waals surface area (Å²) in [6.45, 7) is 0. The molecule has 1 N–H and O–H groups in total. The molecule has 0 saturated carbocycles. The molecule has 4 rings (SSSR count). The molecule has 1 aromatic carbocycles. The fourth-order valence-electron chi connectivity index (χ4n) is 2.35. The maximum Gasteiger partial charge on any atom is 0.248 e. The van der Waals surface area contributed by atoms with Gasteiger partial charge in [-0.3, -0.25) is 0 Å². The second kappa shape index (κ2) is 4.75. The molecule has 0 fully saturated rings. The van der Waals surface area contributed by atoms with E-state index in [1.165, 1.54) is 0 Å². The minimum Gasteiger partial charge on any atom is -0.467 e. The Labute approximate surface area is 125 Å². The lowest BCUT2D eigenvalue weighted by molar-refractivity contribution is 0.443. The summed E-state index contributed by atoms with van der Waals surface area (Å²) in [5.41, 5.74) is 1.74. The fourth-order valence-corrected chi connectivity index (χ4v) is 2.59. The summed E-state index contributed by atoms with van der Waals surface area (Å²) in [5, 5.41) is 15.5. The quantitative estimate of drug-likeness (QED) is 0.788. The average Bonchev–Trinajstić information content (AvgIpc) is 3.18. The van der Waals surface area contributed by atoms with E-state index in [0.29, 0.717) is 11.0 Å². The highest BCUT2D eigenvalue weighted by atomic mass is 35.5. The van der Waals surface area contributed by atoms with Gasteiger partial charge in [0.2, 0.25) is 5.95 Å². The number of benzene rings is 1. The summed E-state index contributed by atoms with van der Waals surface area (Å²) in [6.07, 6.45) is 3.62. The van der Waals surface area contributed by atoms with Gasteiger partial charge in [0.25, 0.3) is 0 Å². The van der Waals surface area contributed by atoms with Gasteiger partial charge < -0.3 is 9.73 Å².